The molecule has 1 unspecified atom stereocenters. The monoisotopic (exact) mass is 254 g/mol. The normalized spacial score (nSPS) is 16.7. The molecule has 2 heteroatoms. The third-order valence-electron chi connectivity index (χ3n) is 3.81. The van der Waals surface area contributed by atoms with Crippen LogP contribution in [-0.4, -0.2) is 18.6 Å². The Morgan fingerprint density at radius 1 is 1.11 bits per heavy atom. The molecule has 2 aromatic rings. The summed E-state index contributed by atoms with van der Waals surface area (Å²) in [6.45, 7) is 4.25. The predicted octanol–water partition coefficient (Wildman–Crippen LogP) is 3.07. The van der Waals surface area contributed by atoms with Gasteiger partial charge in [-0.1, -0.05) is 42.5 Å². The molecule has 0 radical (unpaired) electrons. The molecule has 1 aliphatic carbocycles. The van der Waals surface area contributed by atoms with E-state index < -0.39 is 0 Å². The van der Waals surface area contributed by atoms with Gasteiger partial charge < -0.3 is 10.6 Å². The van der Waals surface area contributed by atoms with Crippen molar-refractivity contribution in [2.45, 2.75) is 38.4 Å². The first-order chi connectivity index (χ1) is 9.33. The number of hydrogen-bond acceptors (Lipinski definition) is 2. The first kappa shape index (κ1) is 12.6. The molecule has 2 nitrogen and oxygen atoms in total. The van der Waals surface area contributed by atoms with Gasteiger partial charge in [0.1, 0.15) is 0 Å². The maximum Gasteiger partial charge on any atom is 0.0214 e. The van der Waals surface area contributed by atoms with E-state index in [1.807, 2.05) is 0 Å². The van der Waals surface area contributed by atoms with Crippen LogP contribution in [0.4, 0.5) is 0 Å². The van der Waals surface area contributed by atoms with Crippen LogP contribution in [0.3, 0.4) is 0 Å². The Bertz CT molecular complexity index is 540. The molecule has 1 saturated carbocycles. The van der Waals surface area contributed by atoms with Crippen LogP contribution in [0.15, 0.2) is 42.5 Å². The van der Waals surface area contributed by atoms with Crippen LogP contribution in [0, 0.1) is 0 Å². The van der Waals surface area contributed by atoms with E-state index in [1.165, 1.54) is 29.2 Å². The topological polar surface area (TPSA) is 24.1 Å². The maximum absolute atomic E-state index is 3.61. The van der Waals surface area contributed by atoms with E-state index in [4.69, 9.17) is 0 Å². The molecule has 19 heavy (non-hydrogen) atoms. The molecule has 2 N–H and O–H groups in total. The van der Waals surface area contributed by atoms with Crippen LogP contribution in [0.25, 0.3) is 10.8 Å². The lowest BCUT2D eigenvalue weighted by molar-refractivity contribution is 0.501. The van der Waals surface area contributed by atoms with Gasteiger partial charge in [0.2, 0.25) is 0 Å². The van der Waals surface area contributed by atoms with Crippen molar-refractivity contribution in [2.75, 3.05) is 6.54 Å². The van der Waals surface area contributed by atoms with Crippen molar-refractivity contribution in [2.24, 2.45) is 0 Å². The number of fused-ring (bicyclic) bond motifs is 1. The molecule has 0 aromatic heterocycles. The maximum atomic E-state index is 3.61. The summed E-state index contributed by atoms with van der Waals surface area (Å²) in [4.78, 5) is 0. The third kappa shape index (κ3) is 3.34. The van der Waals surface area contributed by atoms with E-state index in [-0.39, 0.29) is 0 Å². The minimum Gasteiger partial charge on any atom is -0.312 e. The second-order valence-corrected chi connectivity index (χ2v) is 5.60. The lowest BCUT2D eigenvalue weighted by Gasteiger charge is -2.15. The van der Waals surface area contributed by atoms with Crippen LogP contribution in [0.1, 0.15) is 25.3 Å². The minimum atomic E-state index is 0.513. The van der Waals surface area contributed by atoms with Crippen LogP contribution in [0.5, 0.6) is 0 Å². The highest BCUT2D eigenvalue weighted by molar-refractivity contribution is 5.85. The first-order valence-electron chi connectivity index (χ1n) is 7.26. The fourth-order valence-electron chi connectivity index (χ4n) is 2.43. The SMILES string of the molecule is CC(CNC1CC1)NCc1cccc2ccccc12. The molecule has 0 saturated heterocycles. The van der Waals surface area contributed by atoms with Crippen LogP contribution < -0.4 is 10.6 Å². The van der Waals surface area contributed by atoms with Gasteiger partial charge in [-0.15, -0.1) is 0 Å². The summed E-state index contributed by atoms with van der Waals surface area (Å²) in [5.41, 5.74) is 1.39. The zero-order chi connectivity index (χ0) is 13.1. The average molecular weight is 254 g/mol. The van der Waals surface area contributed by atoms with E-state index in [1.54, 1.807) is 0 Å². The van der Waals surface area contributed by atoms with E-state index >= 15 is 0 Å². The first-order valence-corrected chi connectivity index (χ1v) is 7.26. The molecule has 1 fully saturated rings. The van der Waals surface area contributed by atoms with Crippen LogP contribution in [-0.2, 0) is 6.54 Å². The van der Waals surface area contributed by atoms with Gasteiger partial charge in [-0.25, -0.2) is 0 Å². The molecule has 0 heterocycles. The van der Waals surface area contributed by atoms with Crippen molar-refractivity contribution < 1.29 is 0 Å². The second kappa shape index (κ2) is 5.72. The Morgan fingerprint density at radius 3 is 2.74 bits per heavy atom. The molecule has 1 atom stereocenters. The summed E-state index contributed by atoms with van der Waals surface area (Å²) in [7, 11) is 0. The van der Waals surface area contributed by atoms with E-state index in [9.17, 15) is 0 Å². The zero-order valence-electron chi connectivity index (χ0n) is 11.5. The Hall–Kier alpha value is -1.38. The van der Waals surface area contributed by atoms with Gasteiger partial charge in [0.25, 0.3) is 0 Å². The fourth-order valence-corrected chi connectivity index (χ4v) is 2.43. The third-order valence-corrected chi connectivity index (χ3v) is 3.81. The van der Waals surface area contributed by atoms with E-state index in [2.05, 4.69) is 60.0 Å². The van der Waals surface area contributed by atoms with E-state index in [0.29, 0.717) is 6.04 Å². The standard InChI is InChI=1S/C17H22N2/c1-13(11-19-16-9-10-16)18-12-15-7-4-6-14-5-2-3-8-17(14)15/h2-8,13,16,18-19H,9-12H2,1H3. The molecule has 0 bridgehead atoms. The van der Waals surface area contributed by atoms with Gasteiger partial charge in [-0.3, -0.25) is 0 Å². The highest BCUT2D eigenvalue weighted by atomic mass is 15.0. The minimum absolute atomic E-state index is 0.513. The second-order valence-electron chi connectivity index (χ2n) is 5.60. The molecular formula is C17H22N2. The van der Waals surface area contributed by atoms with Crippen LogP contribution >= 0.6 is 0 Å². The smallest absolute Gasteiger partial charge is 0.0214 e. The van der Waals surface area contributed by atoms with Gasteiger partial charge in [0.05, 0.1) is 0 Å². The summed E-state index contributed by atoms with van der Waals surface area (Å²) >= 11 is 0. The Balaban J connectivity index is 1.61. The highest BCUT2D eigenvalue weighted by Crippen LogP contribution is 2.19. The molecular weight excluding hydrogens is 232 g/mol. The highest BCUT2D eigenvalue weighted by Gasteiger charge is 2.20. The van der Waals surface area contributed by atoms with Gasteiger partial charge in [0, 0.05) is 25.2 Å². The van der Waals surface area contributed by atoms with Crippen molar-refractivity contribution in [1.29, 1.82) is 0 Å². The Labute approximate surface area is 115 Å². The summed E-state index contributed by atoms with van der Waals surface area (Å²) in [6.07, 6.45) is 2.71. The molecule has 0 amide bonds. The molecule has 1 aliphatic rings. The number of hydrogen-bond donors (Lipinski definition) is 2. The Morgan fingerprint density at radius 2 is 1.89 bits per heavy atom. The molecule has 0 aliphatic heterocycles. The van der Waals surface area contributed by atoms with Crippen LogP contribution in [0.2, 0.25) is 0 Å². The van der Waals surface area contributed by atoms with Gasteiger partial charge in [-0.2, -0.15) is 0 Å². The average Bonchev–Trinajstić information content (AvgIpc) is 3.27. The summed E-state index contributed by atoms with van der Waals surface area (Å²) in [5.74, 6) is 0. The number of rotatable bonds is 6. The summed E-state index contributed by atoms with van der Waals surface area (Å²) in [6, 6.07) is 16.4. The van der Waals surface area contributed by atoms with Gasteiger partial charge >= 0.3 is 0 Å². The van der Waals surface area contributed by atoms with Crippen molar-refractivity contribution in [3.05, 3.63) is 48.0 Å². The summed E-state index contributed by atoms with van der Waals surface area (Å²) < 4.78 is 0. The van der Waals surface area contributed by atoms with E-state index in [0.717, 1.165) is 19.1 Å². The van der Waals surface area contributed by atoms with Crippen molar-refractivity contribution in [3.8, 4) is 0 Å². The quantitative estimate of drug-likeness (QED) is 0.828. The molecule has 100 valence electrons. The lowest BCUT2D eigenvalue weighted by Crippen LogP contribution is -2.36. The largest absolute Gasteiger partial charge is 0.312 e. The lowest BCUT2D eigenvalue weighted by atomic mass is 10.0. The fraction of sp³-hybridized carbons (Fsp3) is 0.412. The molecule has 3 rings (SSSR count). The number of nitrogens with one attached hydrogen (secondary N) is 2. The van der Waals surface area contributed by atoms with Gasteiger partial charge in [-0.05, 0) is 36.1 Å². The Kier molecular flexibility index (Phi) is 3.81. The van der Waals surface area contributed by atoms with Crippen molar-refractivity contribution >= 4 is 10.8 Å². The van der Waals surface area contributed by atoms with Gasteiger partial charge in [0.15, 0.2) is 0 Å². The summed E-state index contributed by atoms with van der Waals surface area (Å²) in [5, 5.41) is 9.86. The van der Waals surface area contributed by atoms with Crippen molar-refractivity contribution in [1.82, 2.24) is 10.6 Å². The van der Waals surface area contributed by atoms with Crippen molar-refractivity contribution in [3.63, 3.8) is 0 Å². The number of benzene rings is 2. The zero-order valence-corrected chi connectivity index (χ0v) is 11.5. The molecule has 2 aromatic carbocycles. The molecule has 0 spiro atoms. The predicted molar refractivity (Wildman–Crippen MR) is 81.3 cm³/mol.